The number of para-hydroxylation sites is 1. The number of fused-ring (bicyclic) bond motifs is 1. The highest BCUT2D eigenvalue weighted by atomic mass is 32.2. The number of benzene rings is 1. The van der Waals surface area contributed by atoms with Gasteiger partial charge in [0.05, 0.1) is 0 Å². The van der Waals surface area contributed by atoms with Crippen LogP contribution < -0.4 is 15.2 Å². The third-order valence-electron chi connectivity index (χ3n) is 3.28. The molecule has 0 spiro atoms. The molecule has 6 nitrogen and oxygen atoms in total. The lowest BCUT2D eigenvalue weighted by atomic mass is 10.1. The standard InChI is InChI=1S/C14H15N3O3S/c15-14-6-5-12(9-16-14)21(18,19)17-8-11-7-10-3-1-2-4-13(10)20-11/h1-6,9,11,17H,7-8H2,(H2,15,16). The van der Waals surface area contributed by atoms with Crippen LogP contribution in [0.25, 0.3) is 0 Å². The number of hydrogen-bond acceptors (Lipinski definition) is 5. The molecule has 0 saturated heterocycles. The Morgan fingerprint density at radius 2 is 2.10 bits per heavy atom. The number of sulfonamides is 1. The first-order valence-corrected chi connectivity index (χ1v) is 7.99. The second kappa shape index (κ2) is 5.34. The number of ether oxygens (including phenoxy) is 1. The van der Waals surface area contributed by atoms with Gasteiger partial charge in [-0.2, -0.15) is 0 Å². The number of nitrogen functional groups attached to an aromatic ring is 1. The van der Waals surface area contributed by atoms with Crippen molar-refractivity contribution in [3.8, 4) is 5.75 Å². The Morgan fingerprint density at radius 3 is 2.81 bits per heavy atom. The van der Waals surface area contributed by atoms with Gasteiger partial charge >= 0.3 is 0 Å². The number of rotatable bonds is 4. The lowest BCUT2D eigenvalue weighted by molar-refractivity contribution is 0.236. The van der Waals surface area contributed by atoms with Crippen molar-refractivity contribution in [3.63, 3.8) is 0 Å². The van der Waals surface area contributed by atoms with Gasteiger partial charge < -0.3 is 10.5 Å². The summed E-state index contributed by atoms with van der Waals surface area (Å²) in [5, 5.41) is 0. The minimum absolute atomic E-state index is 0.0900. The number of aromatic nitrogens is 1. The molecule has 1 aliphatic rings. The fourth-order valence-electron chi connectivity index (χ4n) is 2.20. The molecule has 0 bridgehead atoms. The highest BCUT2D eigenvalue weighted by molar-refractivity contribution is 7.89. The molecule has 0 radical (unpaired) electrons. The highest BCUT2D eigenvalue weighted by Crippen LogP contribution is 2.27. The maximum Gasteiger partial charge on any atom is 0.242 e. The van der Waals surface area contributed by atoms with E-state index < -0.39 is 10.0 Å². The molecular formula is C14H15N3O3S. The lowest BCUT2D eigenvalue weighted by Crippen LogP contribution is -2.34. The molecule has 3 rings (SSSR count). The van der Waals surface area contributed by atoms with Crippen LogP contribution in [0.4, 0.5) is 5.82 Å². The largest absolute Gasteiger partial charge is 0.488 e. The zero-order chi connectivity index (χ0) is 14.9. The van der Waals surface area contributed by atoms with Gasteiger partial charge in [-0.25, -0.2) is 18.1 Å². The zero-order valence-corrected chi connectivity index (χ0v) is 12.0. The molecule has 1 aliphatic heterocycles. The average Bonchev–Trinajstić information content (AvgIpc) is 2.89. The molecule has 0 amide bonds. The summed E-state index contributed by atoms with van der Waals surface area (Å²) >= 11 is 0. The molecule has 7 heteroatoms. The molecule has 21 heavy (non-hydrogen) atoms. The maximum absolute atomic E-state index is 12.1. The molecule has 0 saturated carbocycles. The van der Waals surface area contributed by atoms with Crippen LogP contribution in [-0.4, -0.2) is 26.1 Å². The topological polar surface area (TPSA) is 94.3 Å². The first-order chi connectivity index (χ1) is 10.0. The van der Waals surface area contributed by atoms with Crippen molar-refractivity contribution >= 4 is 15.8 Å². The fraction of sp³-hybridized carbons (Fsp3) is 0.214. The van der Waals surface area contributed by atoms with Crippen LogP contribution in [0.2, 0.25) is 0 Å². The molecule has 110 valence electrons. The quantitative estimate of drug-likeness (QED) is 0.877. The number of nitrogens with two attached hydrogens (primary N) is 1. The molecule has 1 aromatic heterocycles. The number of anilines is 1. The zero-order valence-electron chi connectivity index (χ0n) is 11.2. The third-order valence-corrected chi connectivity index (χ3v) is 4.69. The fourth-order valence-corrected chi connectivity index (χ4v) is 3.22. The van der Waals surface area contributed by atoms with Crippen molar-refractivity contribution < 1.29 is 13.2 Å². The summed E-state index contributed by atoms with van der Waals surface area (Å²) in [6.07, 6.45) is 1.74. The van der Waals surface area contributed by atoms with Gasteiger partial charge in [0.15, 0.2) is 0 Å². The van der Waals surface area contributed by atoms with E-state index >= 15 is 0 Å². The Hall–Kier alpha value is -2.12. The first kappa shape index (κ1) is 13.8. The predicted molar refractivity (Wildman–Crippen MR) is 78.4 cm³/mol. The van der Waals surface area contributed by atoms with Crippen LogP contribution in [0, 0.1) is 0 Å². The van der Waals surface area contributed by atoms with Crippen molar-refractivity contribution in [2.75, 3.05) is 12.3 Å². The van der Waals surface area contributed by atoms with Crippen LogP contribution in [0.5, 0.6) is 5.75 Å². The summed E-state index contributed by atoms with van der Waals surface area (Å²) in [5.74, 6) is 1.10. The molecule has 1 atom stereocenters. The van der Waals surface area contributed by atoms with Crippen LogP contribution in [-0.2, 0) is 16.4 Å². The molecular weight excluding hydrogens is 290 g/mol. The Morgan fingerprint density at radius 1 is 1.29 bits per heavy atom. The van der Waals surface area contributed by atoms with Crippen molar-refractivity contribution in [2.24, 2.45) is 0 Å². The summed E-state index contributed by atoms with van der Waals surface area (Å²) in [7, 11) is -3.60. The van der Waals surface area contributed by atoms with Gasteiger partial charge in [0.1, 0.15) is 22.6 Å². The van der Waals surface area contributed by atoms with Crippen molar-refractivity contribution in [3.05, 3.63) is 48.2 Å². The van der Waals surface area contributed by atoms with Crippen LogP contribution in [0.15, 0.2) is 47.5 Å². The van der Waals surface area contributed by atoms with Crippen LogP contribution in [0.3, 0.4) is 0 Å². The smallest absolute Gasteiger partial charge is 0.242 e. The average molecular weight is 305 g/mol. The van der Waals surface area contributed by atoms with E-state index in [2.05, 4.69) is 9.71 Å². The molecule has 3 N–H and O–H groups in total. The summed E-state index contributed by atoms with van der Waals surface area (Å²) in [6.45, 7) is 0.210. The van der Waals surface area contributed by atoms with E-state index in [0.29, 0.717) is 6.42 Å². The Bertz CT molecular complexity index is 719. The number of nitrogens with zero attached hydrogens (tertiary/aromatic N) is 1. The van der Waals surface area contributed by atoms with Crippen LogP contribution in [0.1, 0.15) is 5.56 Å². The van der Waals surface area contributed by atoms with E-state index in [1.807, 2.05) is 24.3 Å². The van der Waals surface area contributed by atoms with Gasteiger partial charge in [-0.15, -0.1) is 0 Å². The number of hydrogen-bond donors (Lipinski definition) is 2. The van der Waals surface area contributed by atoms with E-state index in [-0.39, 0.29) is 23.4 Å². The number of nitrogens with one attached hydrogen (secondary N) is 1. The van der Waals surface area contributed by atoms with E-state index in [1.165, 1.54) is 18.3 Å². The molecule has 1 unspecified atom stereocenters. The second-order valence-electron chi connectivity index (χ2n) is 4.82. The van der Waals surface area contributed by atoms with Gasteiger partial charge in [0.25, 0.3) is 0 Å². The summed E-state index contributed by atoms with van der Waals surface area (Å²) in [4.78, 5) is 3.87. The van der Waals surface area contributed by atoms with Crippen molar-refractivity contribution in [1.29, 1.82) is 0 Å². The molecule has 2 aromatic rings. The van der Waals surface area contributed by atoms with Gasteiger partial charge in [-0.1, -0.05) is 18.2 Å². The summed E-state index contributed by atoms with van der Waals surface area (Å²) in [5.41, 5.74) is 6.54. The Balaban J connectivity index is 1.65. The maximum atomic E-state index is 12.1. The third kappa shape index (κ3) is 2.98. The molecule has 1 aromatic carbocycles. The summed E-state index contributed by atoms with van der Waals surface area (Å²) in [6, 6.07) is 10.6. The van der Waals surface area contributed by atoms with Gasteiger partial charge in [0.2, 0.25) is 10.0 Å². The Kier molecular flexibility index (Phi) is 3.52. The summed E-state index contributed by atoms with van der Waals surface area (Å²) < 4.78 is 32.5. The van der Waals surface area contributed by atoms with Crippen molar-refractivity contribution in [2.45, 2.75) is 17.4 Å². The van der Waals surface area contributed by atoms with Crippen molar-refractivity contribution in [1.82, 2.24) is 9.71 Å². The van der Waals surface area contributed by atoms with E-state index in [1.54, 1.807) is 0 Å². The lowest BCUT2D eigenvalue weighted by Gasteiger charge is -2.12. The SMILES string of the molecule is Nc1ccc(S(=O)(=O)NCC2Cc3ccccc3O2)cn1. The minimum Gasteiger partial charge on any atom is -0.488 e. The van der Waals surface area contributed by atoms with E-state index in [0.717, 1.165) is 11.3 Å². The molecule has 0 fully saturated rings. The minimum atomic E-state index is -3.60. The van der Waals surface area contributed by atoms with Gasteiger partial charge in [-0.3, -0.25) is 0 Å². The number of pyridine rings is 1. The monoisotopic (exact) mass is 305 g/mol. The normalized spacial score (nSPS) is 17.2. The van der Waals surface area contributed by atoms with Crippen LogP contribution >= 0.6 is 0 Å². The van der Waals surface area contributed by atoms with E-state index in [4.69, 9.17) is 10.5 Å². The van der Waals surface area contributed by atoms with Gasteiger partial charge in [0, 0.05) is 19.2 Å². The van der Waals surface area contributed by atoms with E-state index in [9.17, 15) is 8.42 Å². The van der Waals surface area contributed by atoms with Gasteiger partial charge in [-0.05, 0) is 23.8 Å². The molecule has 0 aliphatic carbocycles. The Labute approximate surface area is 123 Å². The highest BCUT2D eigenvalue weighted by Gasteiger charge is 2.24. The first-order valence-electron chi connectivity index (χ1n) is 6.50. The predicted octanol–water partition coefficient (Wildman–Crippen LogP) is 0.946. The second-order valence-corrected chi connectivity index (χ2v) is 6.59. The molecule has 2 heterocycles.